The quantitative estimate of drug-likeness (QED) is 0.755. The Balaban J connectivity index is 1.60. The van der Waals surface area contributed by atoms with E-state index >= 15 is 0 Å². The smallest absolute Gasteiger partial charge is 0.306 e. The Labute approximate surface area is 126 Å². The van der Waals surface area contributed by atoms with Crippen molar-refractivity contribution < 1.29 is 19.4 Å². The number of hydrogen-bond donors (Lipinski definition) is 2. The van der Waals surface area contributed by atoms with Gasteiger partial charge >= 0.3 is 5.97 Å². The zero-order valence-corrected chi connectivity index (χ0v) is 12.8. The maximum absolute atomic E-state index is 12.1. The van der Waals surface area contributed by atoms with Crippen molar-refractivity contribution in [1.82, 2.24) is 5.32 Å². The lowest BCUT2D eigenvalue weighted by atomic mass is 9.79. The Kier molecular flexibility index (Phi) is 6.03. The highest BCUT2D eigenvalue weighted by molar-refractivity contribution is 5.80. The highest BCUT2D eigenvalue weighted by atomic mass is 16.5. The third-order valence-corrected chi connectivity index (χ3v) is 4.84. The Hall–Kier alpha value is -1.10. The topological polar surface area (TPSA) is 75.6 Å². The van der Waals surface area contributed by atoms with Gasteiger partial charge in [-0.25, -0.2) is 0 Å². The van der Waals surface area contributed by atoms with Crippen molar-refractivity contribution in [2.45, 2.75) is 58.0 Å². The van der Waals surface area contributed by atoms with Gasteiger partial charge in [0.2, 0.25) is 5.91 Å². The van der Waals surface area contributed by atoms with Crippen LogP contribution in [0.5, 0.6) is 0 Å². The van der Waals surface area contributed by atoms with Crippen molar-refractivity contribution in [3.05, 3.63) is 0 Å². The largest absolute Gasteiger partial charge is 0.481 e. The molecule has 5 nitrogen and oxygen atoms in total. The lowest BCUT2D eigenvalue weighted by Gasteiger charge is -2.35. The first kappa shape index (κ1) is 16.3. The molecule has 2 unspecified atom stereocenters. The molecule has 2 rings (SSSR count). The van der Waals surface area contributed by atoms with E-state index in [0.29, 0.717) is 31.4 Å². The van der Waals surface area contributed by atoms with Crippen LogP contribution in [0.3, 0.4) is 0 Å². The molecular formula is C16H27NO4. The van der Waals surface area contributed by atoms with Crippen LogP contribution in [0.1, 0.15) is 51.9 Å². The fraction of sp³-hybridized carbons (Fsp3) is 0.875. The molecule has 2 atom stereocenters. The molecule has 0 bridgehead atoms. The number of carbonyl (C=O) groups is 2. The van der Waals surface area contributed by atoms with Crippen LogP contribution in [0.25, 0.3) is 0 Å². The zero-order valence-electron chi connectivity index (χ0n) is 12.8. The molecular weight excluding hydrogens is 270 g/mol. The molecule has 0 aromatic heterocycles. The Bertz CT molecular complexity index is 365. The second-order valence-corrected chi connectivity index (χ2v) is 6.39. The summed E-state index contributed by atoms with van der Waals surface area (Å²) >= 11 is 0. The van der Waals surface area contributed by atoms with Crippen LogP contribution >= 0.6 is 0 Å². The Morgan fingerprint density at radius 2 is 1.90 bits per heavy atom. The molecule has 2 saturated carbocycles. The summed E-state index contributed by atoms with van der Waals surface area (Å²) in [4.78, 5) is 23.1. The van der Waals surface area contributed by atoms with E-state index in [4.69, 9.17) is 9.84 Å². The summed E-state index contributed by atoms with van der Waals surface area (Å²) in [6.07, 6.45) is 6.51. The first-order valence-corrected chi connectivity index (χ1v) is 8.22. The molecule has 0 radical (unpaired) electrons. The number of carboxylic acid groups (broad SMARTS) is 1. The molecule has 2 N–H and O–H groups in total. The van der Waals surface area contributed by atoms with E-state index in [1.165, 1.54) is 0 Å². The van der Waals surface area contributed by atoms with Gasteiger partial charge in [-0.1, -0.05) is 6.42 Å². The minimum absolute atomic E-state index is 0.0432. The monoisotopic (exact) mass is 297 g/mol. The molecule has 1 amide bonds. The van der Waals surface area contributed by atoms with Crippen LogP contribution in [0, 0.1) is 17.8 Å². The SMILES string of the molecule is CCOC1CC(CCNC(=O)C2CCCC(C(=O)O)C2)C1. The average Bonchev–Trinajstić information content (AvgIpc) is 2.44. The molecule has 0 aromatic rings. The molecule has 2 aliphatic rings. The fourth-order valence-corrected chi connectivity index (χ4v) is 3.48. The fourth-order valence-electron chi connectivity index (χ4n) is 3.48. The van der Waals surface area contributed by atoms with Gasteiger partial charge in [0.05, 0.1) is 12.0 Å². The van der Waals surface area contributed by atoms with Gasteiger partial charge in [-0.3, -0.25) is 9.59 Å². The van der Waals surface area contributed by atoms with E-state index in [9.17, 15) is 9.59 Å². The van der Waals surface area contributed by atoms with Crippen molar-refractivity contribution in [1.29, 1.82) is 0 Å². The van der Waals surface area contributed by atoms with Gasteiger partial charge in [0, 0.05) is 19.1 Å². The summed E-state index contributed by atoms with van der Waals surface area (Å²) in [5, 5.41) is 12.0. The van der Waals surface area contributed by atoms with Gasteiger partial charge in [-0.2, -0.15) is 0 Å². The van der Waals surface area contributed by atoms with Gasteiger partial charge in [0.1, 0.15) is 0 Å². The number of carbonyl (C=O) groups excluding carboxylic acids is 1. The summed E-state index contributed by atoms with van der Waals surface area (Å²) in [5.74, 6) is -0.504. The third kappa shape index (κ3) is 4.70. The second kappa shape index (κ2) is 7.78. The minimum Gasteiger partial charge on any atom is -0.481 e. The van der Waals surface area contributed by atoms with E-state index in [1.54, 1.807) is 0 Å². The zero-order chi connectivity index (χ0) is 15.2. The summed E-state index contributed by atoms with van der Waals surface area (Å²) < 4.78 is 5.52. The predicted molar refractivity (Wildman–Crippen MR) is 78.8 cm³/mol. The van der Waals surface area contributed by atoms with Crippen molar-refractivity contribution in [3.63, 3.8) is 0 Å². The number of hydrogen-bond acceptors (Lipinski definition) is 3. The Morgan fingerprint density at radius 3 is 2.57 bits per heavy atom. The van der Waals surface area contributed by atoms with Crippen LogP contribution < -0.4 is 5.32 Å². The average molecular weight is 297 g/mol. The highest BCUT2D eigenvalue weighted by Gasteiger charge is 2.32. The number of aliphatic carboxylic acids is 1. The molecule has 0 spiro atoms. The van der Waals surface area contributed by atoms with Crippen LogP contribution in [-0.4, -0.2) is 36.2 Å². The van der Waals surface area contributed by atoms with Crippen molar-refractivity contribution >= 4 is 11.9 Å². The van der Waals surface area contributed by atoms with Crippen molar-refractivity contribution in [2.24, 2.45) is 17.8 Å². The third-order valence-electron chi connectivity index (χ3n) is 4.84. The predicted octanol–water partition coefficient (Wildman–Crippen LogP) is 2.20. The van der Waals surface area contributed by atoms with E-state index in [2.05, 4.69) is 5.32 Å². The molecule has 5 heteroatoms. The van der Waals surface area contributed by atoms with Gasteiger partial charge < -0.3 is 15.2 Å². The van der Waals surface area contributed by atoms with E-state index in [0.717, 1.165) is 38.7 Å². The number of rotatable bonds is 7. The first-order valence-electron chi connectivity index (χ1n) is 8.22. The number of ether oxygens (including phenoxy) is 1. The normalized spacial score (nSPS) is 32.2. The van der Waals surface area contributed by atoms with Crippen LogP contribution in [0.15, 0.2) is 0 Å². The summed E-state index contributed by atoms with van der Waals surface area (Å²) in [6.45, 7) is 3.50. The molecule has 21 heavy (non-hydrogen) atoms. The minimum atomic E-state index is -0.760. The molecule has 0 aliphatic heterocycles. The van der Waals surface area contributed by atoms with E-state index in [1.807, 2.05) is 6.92 Å². The van der Waals surface area contributed by atoms with Crippen molar-refractivity contribution in [2.75, 3.05) is 13.2 Å². The lowest BCUT2D eigenvalue weighted by molar-refractivity contribution is -0.144. The molecule has 0 saturated heterocycles. The molecule has 2 aliphatic carbocycles. The van der Waals surface area contributed by atoms with Crippen LogP contribution in [0.2, 0.25) is 0 Å². The maximum atomic E-state index is 12.1. The second-order valence-electron chi connectivity index (χ2n) is 6.39. The van der Waals surface area contributed by atoms with Crippen LogP contribution in [0.4, 0.5) is 0 Å². The number of carboxylic acids is 1. The summed E-state index contributed by atoms with van der Waals surface area (Å²) in [7, 11) is 0. The van der Waals surface area contributed by atoms with Crippen molar-refractivity contribution in [3.8, 4) is 0 Å². The lowest BCUT2D eigenvalue weighted by Crippen LogP contribution is -2.38. The number of nitrogens with one attached hydrogen (secondary N) is 1. The van der Waals surface area contributed by atoms with Gasteiger partial charge in [-0.05, 0) is 51.4 Å². The van der Waals surface area contributed by atoms with E-state index < -0.39 is 5.97 Å². The molecule has 120 valence electrons. The molecule has 0 aromatic carbocycles. The first-order chi connectivity index (χ1) is 10.1. The summed E-state index contributed by atoms with van der Waals surface area (Å²) in [5.41, 5.74) is 0. The van der Waals surface area contributed by atoms with E-state index in [-0.39, 0.29) is 17.7 Å². The van der Waals surface area contributed by atoms with Gasteiger partial charge in [0.15, 0.2) is 0 Å². The Morgan fingerprint density at radius 1 is 1.19 bits per heavy atom. The van der Waals surface area contributed by atoms with Gasteiger partial charge in [0.25, 0.3) is 0 Å². The van der Waals surface area contributed by atoms with Gasteiger partial charge in [-0.15, -0.1) is 0 Å². The molecule has 0 heterocycles. The maximum Gasteiger partial charge on any atom is 0.306 e. The summed E-state index contributed by atoms with van der Waals surface area (Å²) in [6, 6.07) is 0. The molecule has 2 fully saturated rings. The van der Waals surface area contributed by atoms with Crippen LogP contribution in [-0.2, 0) is 14.3 Å². The number of amides is 1. The highest BCUT2D eigenvalue weighted by Crippen LogP contribution is 2.32. The standard InChI is InChI=1S/C16H27NO4/c1-2-21-14-8-11(9-14)6-7-17-15(18)12-4-3-5-13(10-12)16(19)20/h11-14H,2-10H2,1H3,(H,17,18)(H,19,20).